The van der Waals surface area contributed by atoms with E-state index < -0.39 is 6.10 Å². The lowest BCUT2D eigenvalue weighted by Crippen LogP contribution is -1.99. The predicted octanol–water partition coefficient (Wildman–Crippen LogP) is 3.23. The second-order valence-electron chi connectivity index (χ2n) is 4.73. The number of aliphatic hydroxyl groups excluding tert-OH is 1. The van der Waals surface area contributed by atoms with Gasteiger partial charge in [-0.3, -0.25) is 0 Å². The van der Waals surface area contributed by atoms with Crippen LogP contribution in [0, 0.1) is 6.92 Å². The van der Waals surface area contributed by atoms with Gasteiger partial charge in [0, 0.05) is 23.2 Å². The van der Waals surface area contributed by atoms with Gasteiger partial charge in [0.1, 0.15) is 17.4 Å². The zero-order chi connectivity index (χ0) is 14.1. The molecule has 1 N–H and O–H groups in total. The van der Waals surface area contributed by atoms with Crippen molar-refractivity contribution in [2.75, 3.05) is 7.11 Å². The maximum absolute atomic E-state index is 10.4. The minimum Gasteiger partial charge on any atom is -0.481 e. The lowest BCUT2D eigenvalue weighted by atomic mass is 10.1. The molecule has 0 fully saturated rings. The molecule has 0 aliphatic heterocycles. The number of hydrogen-bond acceptors (Lipinski definition) is 4. The van der Waals surface area contributed by atoms with Gasteiger partial charge in [-0.2, -0.15) is 0 Å². The molecular formula is C16H15NO3. The summed E-state index contributed by atoms with van der Waals surface area (Å²) in [6.07, 6.45) is 0.753. The van der Waals surface area contributed by atoms with E-state index in [2.05, 4.69) is 4.98 Å². The van der Waals surface area contributed by atoms with Crippen molar-refractivity contribution in [2.45, 2.75) is 13.0 Å². The number of ether oxygens (including phenoxy) is 1. The molecule has 102 valence electrons. The summed E-state index contributed by atoms with van der Waals surface area (Å²) in [5, 5.41) is 11.3. The molecule has 3 aromatic rings. The van der Waals surface area contributed by atoms with Gasteiger partial charge >= 0.3 is 0 Å². The van der Waals surface area contributed by atoms with Gasteiger partial charge in [0.15, 0.2) is 0 Å². The fourth-order valence-corrected chi connectivity index (χ4v) is 2.16. The molecule has 4 heteroatoms. The van der Waals surface area contributed by atoms with E-state index in [1.165, 1.54) is 0 Å². The minimum atomic E-state index is -0.832. The summed E-state index contributed by atoms with van der Waals surface area (Å²) in [6, 6.07) is 11.3. The van der Waals surface area contributed by atoms with Gasteiger partial charge < -0.3 is 14.3 Å². The van der Waals surface area contributed by atoms with Crippen molar-refractivity contribution in [2.24, 2.45) is 0 Å². The van der Waals surface area contributed by atoms with E-state index in [9.17, 15) is 5.11 Å². The van der Waals surface area contributed by atoms with Crippen LogP contribution in [-0.4, -0.2) is 17.2 Å². The largest absolute Gasteiger partial charge is 0.481 e. The topological polar surface area (TPSA) is 55.5 Å². The monoisotopic (exact) mass is 269 g/mol. The van der Waals surface area contributed by atoms with Crippen LogP contribution in [-0.2, 0) is 0 Å². The SMILES string of the molecule is COc1ccc(C(O)c2cc3cc(C)ccc3o2)cn1. The van der Waals surface area contributed by atoms with Crippen molar-refractivity contribution < 1.29 is 14.3 Å². The third kappa shape index (κ3) is 2.26. The lowest BCUT2D eigenvalue weighted by molar-refractivity contribution is 0.191. The Morgan fingerprint density at radius 1 is 1.20 bits per heavy atom. The zero-order valence-electron chi connectivity index (χ0n) is 11.3. The third-order valence-corrected chi connectivity index (χ3v) is 3.24. The van der Waals surface area contributed by atoms with Crippen molar-refractivity contribution in [3.8, 4) is 5.88 Å². The number of fused-ring (bicyclic) bond motifs is 1. The summed E-state index contributed by atoms with van der Waals surface area (Å²) in [5.74, 6) is 1.03. The van der Waals surface area contributed by atoms with Crippen LogP contribution in [0.4, 0.5) is 0 Å². The van der Waals surface area contributed by atoms with E-state index in [-0.39, 0.29) is 0 Å². The molecule has 4 nitrogen and oxygen atoms in total. The number of benzene rings is 1. The van der Waals surface area contributed by atoms with Crippen LogP contribution in [0.15, 0.2) is 47.0 Å². The van der Waals surface area contributed by atoms with Crippen LogP contribution in [0.25, 0.3) is 11.0 Å². The van der Waals surface area contributed by atoms with E-state index in [4.69, 9.17) is 9.15 Å². The number of rotatable bonds is 3. The van der Waals surface area contributed by atoms with Crippen molar-refractivity contribution in [1.29, 1.82) is 0 Å². The molecule has 3 rings (SSSR count). The number of nitrogens with zero attached hydrogens (tertiary/aromatic N) is 1. The molecule has 0 bridgehead atoms. The smallest absolute Gasteiger partial charge is 0.212 e. The molecule has 0 radical (unpaired) electrons. The molecule has 2 aromatic heterocycles. The average Bonchev–Trinajstić information content (AvgIpc) is 2.89. The highest BCUT2D eigenvalue weighted by Crippen LogP contribution is 2.28. The van der Waals surface area contributed by atoms with Crippen LogP contribution in [0.1, 0.15) is 23.0 Å². The molecule has 0 saturated heterocycles. The van der Waals surface area contributed by atoms with Gasteiger partial charge in [0.05, 0.1) is 7.11 Å². The number of aromatic nitrogens is 1. The quantitative estimate of drug-likeness (QED) is 0.793. The molecule has 0 aliphatic carbocycles. The molecule has 1 aromatic carbocycles. The molecule has 20 heavy (non-hydrogen) atoms. The minimum absolute atomic E-state index is 0.512. The van der Waals surface area contributed by atoms with Crippen LogP contribution < -0.4 is 4.74 Å². The van der Waals surface area contributed by atoms with Crippen molar-refractivity contribution in [1.82, 2.24) is 4.98 Å². The number of methoxy groups -OCH3 is 1. The molecule has 0 aliphatic rings. The van der Waals surface area contributed by atoms with Crippen molar-refractivity contribution in [3.63, 3.8) is 0 Å². The Balaban J connectivity index is 1.96. The lowest BCUT2D eigenvalue weighted by Gasteiger charge is -2.07. The Morgan fingerprint density at radius 3 is 2.75 bits per heavy atom. The second-order valence-corrected chi connectivity index (χ2v) is 4.73. The molecule has 0 amide bonds. The fourth-order valence-electron chi connectivity index (χ4n) is 2.16. The van der Waals surface area contributed by atoms with E-state index in [0.29, 0.717) is 17.2 Å². The molecule has 1 unspecified atom stereocenters. The molecular weight excluding hydrogens is 254 g/mol. The second kappa shape index (κ2) is 4.98. The Labute approximate surface area is 116 Å². The number of aryl methyl sites for hydroxylation is 1. The molecule has 0 spiro atoms. The first-order valence-electron chi connectivity index (χ1n) is 6.35. The van der Waals surface area contributed by atoms with Gasteiger partial charge in [0.25, 0.3) is 0 Å². The first-order valence-corrected chi connectivity index (χ1v) is 6.35. The highest BCUT2D eigenvalue weighted by atomic mass is 16.5. The number of furan rings is 1. The van der Waals surface area contributed by atoms with Gasteiger partial charge in [-0.05, 0) is 31.2 Å². The predicted molar refractivity (Wildman–Crippen MR) is 75.8 cm³/mol. The number of hydrogen-bond donors (Lipinski definition) is 1. The standard InChI is InChI=1S/C16H15NO3/c1-10-3-5-13-12(7-10)8-14(20-13)16(18)11-4-6-15(19-2)17-9-11/h3-9,16,18H,1-2H3. The van der Waals surface area contributed by atoms with Gasteiger partial charge in [-0.1, -0.05) is 11.6 Å². The maximum Gasteiger partial charge on any atom is 0.212 e. The van der Waals surface area contributed by atoms with Crippen molar-refractivity contribution >= 4 is 11.0 Å². The Kier molecular flexibility index (Phi) is 3.16. The normalized spacial score (nSPS) is 12.6. The summed E-state index contributed by atoms with van der Waals surface area (Å²) >= 11 is 0. The number of pyridine rings is 1. The highest BCUT2D eigenvalue weighted by Gasteiger charge is 2.16. The van der Waals surface area contributed by atoms with Crippen LogP contribution in [0.3, 0.4) is 0 Å². The van der Waals surface area contributed by atoms with Crippen LogP contribution >= 0.6 is 0 Å². The van der Waals surface area contributed by atoms with E-state index in [1.807, 2.05) is 31.2 Å². The summed E-state index contributed by atoms with van der Waals surface area (Å²) < 4.78 is 10.7. The average molecular weight is 269 g/mol. The Bertz CT molecular complexity index is 731. The van der Waals surface area contributed by atoms with E-state index >= 15 is 0 Å². The Morgan fingerprint density at radius 2 is 2.05 bits per heavy atom. The summed E-state index contributed by atoms with van der Waals surface area (Å²) in [6.45, 7) is 2.02. The summed E-state index contributed by atoms with van der Waals surface area (Å²) in [7, 11) is 1.56. The highest BCUT2D eigenvalue weighted by molar-refractivity contribution is 5.78. The summed E-state index contributed by atoms with van der Waals surface area (Å²) in [4.78, 5) is 4.09. The first kappa shape index (κ1) is 12.7. The van der Waals surface area contributed by atoms with Gasteiger partial charge in [0.2, 0.25) is 5.88 Å². The zero-order valence-corrected chi connectivity index (χ0v) is 11.3. The molecule has 1 atom stereocenters. The summed E-state index contributed by atoms with van der Waals surface area (Å²) in [5.41, 5.74) is 2.60. The molecule has 0 saturated carbocycles. The fraction of sp³-hybridized carbons (Fsp3) is 0.188. The van der Waals surface area contributed by atoms with Gasteiger partial charge in [-0.25, -0.2) is 4.98 Å². The first-order chi connectivity index (χ1) is 9.67. The van der Waals surface area contributed by atoms with Crippen molar-refractivity contribution in [3.05, 3.63) is 59.5 Å². The van der Waals surface area contributed by atoms with Crippen LogP contribution in [0.5, 0.6) is 5.88 Å². The Hall–Kier alpha value is -2.33. The van der Waals surface area contributed by atoms with E-state index in [0.717, 1.165) is 16.5 Å². The van der Waals surface area contributed by atoms with Gasteiger partial charge in [-0.15, -0.1) is 0 Å². The maximum atomic E-state index is 10.4. The number of aliphatic hydroxyl groups is 1. The third-order valence-electron chi connectivity index (χ3n) is 3.24. The van der Waals surface area contributed by atoms with Crippen LogP contribution in [0.2, 0.25) is 0 Å². The molecule has 2 heterocycles. The van der Waals surface area contributed by atoms with E-state index in [1.54, 1.807) is 25.4 Å².